The van der Waals surface area contributed by atoms with Crippen molar-refractivity contribution in [1.82, 2.24) is 4.90 Å². The molecule has 0 atom stereocenters. The third kappa shape index (κ3) is 6.18. The second-order valence-corrected chi connectivity index (χ2v) is 11.2. The van der Waals surface area contributed by atoms with E-state index in [-0.39, 0.29) is 24.8 Å². The Morgan fingerprint density at radius 1 is 0.814 bits per heavy atom. The van der Waals surface area contributed by atoms with E-state index < -0.39 is 23.3 Å². The van der Waals surface area contributed by atoms with Gasteiger partial charge in [-0.25, -0.2) is 0 Å². The lowest BCUT2D eigenvalue weighted by atomic mass is 9.82. The summed E-state index contributed by atoms with van der Waals surface area (Å²) < 4.78 is 44.8. The van der Waals surface area contributed by atoms with Gasteiger partial charge in [0.25, 0.3) is 5.91 Å². The summed E-state index contributed by atoms with van der Waals surface area (Å²) in [5.74, 6) is -1.82. The summed E-state index contributed by atoms with van der Waals surface area (Å²) in [6, 6.07) is 28.6. The number of primary amides is 1. The summed E-state index contributed by atoms with van der Waals surface area (Å²) in [4.78, 5) is 27.6. The Kier molecular flexibility index (Phi) is 7.88. The van der Waals surface area contributed by atoms with Crippen LogP contribution in [0.5, 0.6) is 0 Å². The van der Waals surface area contributed by atoms with Crippen molar-refractivity contribution in [3.05, 3.63) is 131 Å². The number of hydrogen-bond donors (Lipinski definition) is 1. The van der Waals surface area contributed by atoms with Gasteiger partial charge in [0.05, 0.1) is 17.5 Å². The molecule has 4 aromatic carbocycles. The van der Waals surface area contributed by atoms with Crippen LogP contribution in [0.15, 0.2) is 101 Å². The minimum atomic E-state index is -4.63. The first-order valence-electron chi connectivity index (χ1n) is 13.8. The normalized spacial score (nSPS) is 12.0. The van der Waals surface area contributed by atoms with Crippen molar-refractivity contribution in [2.45, 2.75) is 45.5 Å². The zero-order valence-electron chi connectivity index (χ0n) is 24.0. The number of furan rings is 1. The Morgan fingerprint density at radius 3 is 2.21 bits per heavy atom. The maximum atomic E-state index is 14.1. The van der Waals surface area contributed by atoms with Crippen LogP contribution in [0, 0.1) is 6.92 Å². The average molecular weight is 585 g/mol. The van der Waals surface area contributed by atoms with E-state index in [2.05, 4.69) is 0 Å². The van der Waals surface area contributed by atoms with Gasteiger partial charge in [-0.2, -0.15) is 13.2 Å². The molecule has 0 fully saturated rings. The number of benzene rings is 4. The van der Waals surface area contributed by atoms with E-state index in [9.17, 15) is 22.8 Å². The number of hydrogen-bond acceptors (Lipinski definition) is 3. The summed E-state index contributed by atoms with van der Waals surface area (Å²) in [5, 5.41) is 1.65. The Morgan fingerprint density at radius 2 is 1.53 bits per heavy atom. The molecule has 8 heteroatoms. The maximum Gasteiger partial charge on any atom is 0.449 e. The van der Waals surface area contributed by atoms with E-state index in [1.54, 1.807) is 13.8 Å². The van der Waals surface area contributed by atoms with E-state index in [0.717, 1.165) is 44.7 Å². The molecule has 220 valence electrons. The lowest BCUT2D eigenvalue weighted by molar-refractivity contribution is -0.153. The van der Waals surface area contributed by atoms with Crippen LogP contribution in [-0.2, 0) is 29.5 Å². The number of alkyl halides is 3. The first-order valence-corrected chi connectivity index (χ1v) is 13.8. The second-order valence-electron chi connectivity index (χ2n) is 11.2. The van der Waals surface area contributed by atoms with Crippen molar-refractivity contribution in [3.8, 4) is 11.1 Å². The van der Waals surface area contributed by atoms with Crippen molar-refractivity contribution in [2.75, 3.05) is 0 Å². The van der Waals surface area contributed by atoms with Gasteiger partial charge in [-0.05, 0) is 71.5 Å². The van der Waals surface area contributed by atoms with Gasteiger partial charge in [-0.15, -0.1) is 0 Å². The topological polar surface area (TPSA) is 76.5 Å². The van der Waals surface area contributed by atoms with Gasteiger partial charge in [0.1, 0.15) is 5.76 Å². The number of nitrogens with two attached hydrogens (primary N) is 1. The molecule has 2 amide bonds. The lowest BCUT2D eigenvalue weighted by Crippen LogP contribution is -2.35. The molecule has 0 spiro atoms. The van der Waals surface area contributed by atoms with Gasteiger partial charge in [-0.3, -0.25) is 9.59 Å². The number of aryl methyl sites for hydroxylation is 1. The number of carbonyl (C=O) groups is 2. The number of carbonyl (C=O) groups excluding carboxylic acids is 2. The Labute approximate surface area is 247 Å². The summed E-state index contributed by atoms with van der Waals surface area (Å²) in [5.41, 5.74) is 9.39. The fourth-order valence-corrected chi connectivity index (χ4v) is 5.08. The van der Waals surface area contributed by atoms with Crippen molar-refractivity contribution in [1.29, 1.82) is 0 Å². The molecule has 0 unspecified atom stereocenters. The van der Waals surface area contributed by atoms with Crippen molar-refractivity contribution in [2.24, 2.45) is 5.73 Å². The van der Waals surface area contributed by atoms with Crippen molar-refractivity contribution in [3.63, 3.8) is 0 Å². The summed E-state index contributed by atoms with van der Waals surface area (Å²) in [7, 11) is 0. The fraction of sp³-hybridized carbons (Fsp3) is 0.200. The summed E-state index contributed by atoms with van der Waals surface area (Å²) >= 11 is 0. The quantitative estimate of drug-likeness (QED) is 0.201. The van der Waals surface area contributed by atoms with E-state index in [1.807, 2.05) is 91.9 Å². The van der Waals surface area contributed by atoms with E-state index in [4.69, 9.17) is 10.2 Å². The molecule has 5 rings (SSSR count). The molecule has 1 heterocycles. The van der Waals surface area contributed by atoms with Crippen LogP contribution in [0.25, 0.3) is 21.9 Å². The first-order chi connectivity index (χ1) is 20.3. The third-order valence-corrected chi connectivity index (χ3v) is 7.79. The summed E-state index contributed by atoms with van der Waals surface area (Å²) in [6.45, 7) is 5.38. The number of halogens is 3. The molecule has 1 aromatic heterocycles. The highest BCUT2D eigenvalue weighted by Crippen LogP contribution is 2.32. The highest BCUT2D eigenvalue weighted by molar-refractivity contribution is 6.08. The van der Waals surface area contributed by atoms with Gasteiger partial charge in [0.2, 0.25) is 11.7 Å². The molecule has 43 heavy (non-hydrogen) atoms. The van der Waals surface area contributed by atoms with Crippen LogP contribution in [0.4, 0.5) is 13.2 Å². The zero-order valence-corrected chi connectivity index (χ0v) is 24.0. The standard InChI is InChI=1S/C35H31F3N2O3/c1-22-11-14-25-7-4-5-10-29(25)31(22)32(41)40(21-28-17-18-30(43-28)35(36,37)38)20-23-12-15-24(16-13-23)26-8-6-9-27(19-26)34(2,3)33(39)42/h4-19H,20-21H2,1-3H3,(H2,39,42). The molecule has 0 aliphatic rings. The molecule has 0 bridgehead atoms. The second kappa shape index (κ2) is 11.4. The number of fused-ring (bicyclic) bond motifs is 1. The highest BCUT2D eigenvalue weighted by atomic mass is 19.4. The van der Waals surface area contributed by atoms with Gasteiger partial charge in [0.15, 0.2) is 0 Å². The largest absolute Gasteiger partial charge is 0.455 e. The van der Waals surface area contributed by atoms with E-state index in [0.29, 0.717) is 5.56 Å². The van der Waals surface area contributed by atoms with Crippen LogP contribution in [0.1, 0.15) is 52.4 Å². The average Bonchev–Trinajstić information content (AvgIpc) is 3.46. The summed E-state index contributed by atoms with van der Waals surface area (Å²) in [6.07, 6.45) is -4.63. The molecule has 5 nitrogen and oxygen atoms in total. The maximum absolute atomic E-state index is 14.1. The number of rotatable bonds is 8. The highest BCUT2D eigenvalue weighted by Gasteiger charge is 2.35. The van der Waals surface area contributed by atoms with Crippen LogP contribution in [0.3, 0.4) is 0 Å². The van der Waals surface area contributed by atoms with Gasteiger partial charge in [0, 0.05) is 6.54 Å². The SMILES string of the molecule is Cc1ccc2ccccc2c1C(=O)N(Cc1ccc(-c2cccc(C(C)(C)C(N)=O)c2)cc1)Cc1ccc(C(F)(F)F)o1. The molecular weight excluding hydrogens is 553 g/mol. The van der Waals surface area contributed by atoms with Gasteiger partial charge < -0.3 is 15.1 Å². The van der Waals surface area contributed by atoms with Gasteiger partial charge >= 0.3 is 6.18 Å². The molecule has 5 aromatic rings. The number of nitrogens with zero attached hydrogens (tertiary/aromatic N) is 1. The first kappa shape index (κ1) is 29.6. The molecule has 2 N–H and O–H groups in total. The van der Waals surface area contributed by atoms with E-state index >= 15 is 0 Å². The van der Waals surface area contributed by atoms with Crippen LogP contribution >= 0.6 is 0 Å². The minimum Gasteiger partial charge on any atom is -0.455 e. The number of amides is 2. The zero-order chi connectivity index (χ0) is 30.9. The van der Waals surface area contributed by atoms with Crippen LogP contribution in [-0.4, -0.2) is 16.7 Å². The fourth-order valence-electron chi connectivity index (χ4n) is 5.08. The molecule has 0 saturated heterocycles. The molecular formula is C35H31F3N2O3. The van der Waals surface area contributed by atoms with Crippen molar-refractivity contribution >= 4 is 22.6 Å². The van der Waals surface area contributed by atoms with E-state index in [1.165, 1.54) is 11.0 Å². The molecule has 0 saturated carbocycles. The van der Waals surface area contributed by atoms with Crippen LogP contribution < -0.4 is 5.73 Å². The Balaban J connectivity index is 1.48. The van der Waals surface area contributed by atoms with Gasteiger partial charge in [-0.1, -0.05) is 84.9 Å². The lowest BCUT2D eigenvalue weighted by Gasteiger charge is -2.24. The molecule has 0 radical (unpaired) electrons. The smallest absolute Gasteiger partial charge is 0.449 e. The predicted octanol–water partition coefficient (Wildman–Crippen LogP) is 8.03. The predicted molar refractivity (Wildman–Crippen MR) is 160 cm³/mol. The molecule has 0 aliphatic carbocycles. The molecule has 0 aliphatic heterocycles. The Bertz CT molecular complexity index is 1800. The third-order valence-electron chi connectivity index (χ3n) is 7.79. The monoisotopic (exact) mass is 584 g/mol. The minimum absolute atomic E-state index is 0.0315. The Hall–Kier alpha value is -4.85. The van der Waals surface area contributed by atoms with Crippen molar-refractivity contribution < 1.29 is 27.2 Å². The van der Waals surface area contributed by atoms with Crippen LogP contribution in [0.2, 0.25) is 0 Å².